The Labute approximate surface area is 170 Å². The van der Waals surface area contributed by atoms with E-state index in [9.17, 15) is 14.9 Å². The van der Waals surface area contributed by atoms with Crippen molar-refractivity contribution in [2.45, 2.75) is 20.4 Å². The molecular formula is C20H17N5O3S. The first kappa shape index (κ1) is 18.8. The zero-order valence-corrected chi connectivity index (χ0v) is 16.6. The van der Waals surface area contributed by atoms with E-state index in [-0.39, 0.29) is 11.4 Å². The van der Waals surface area contributed by atoms with Gasteiger partial charge in [0.25, 0.3) is 5.91 Å². The number of hydrogen-bond acceptors (Lipinski definition) is 6. The third kappa shape index (κ3) is 3.59. The average Bonchev–Trinajstić information content (AvgIpc) is 3.32. The molecule has 146 valence electrons. The predicted octanol–water partition coefficient (Wildman–Crippen LogP) is 4.65. The van der Waals surface area contributed by atoms with Crippen LogP contribution in [0.15, 0.2) is 48.7 Å². The van der Waals surface area contributed by atoms with Crippen LogP contribution in [-0.2, 0) is 6.54 Å². The van der Waals surface area contributed by atoms with Crippen LogP contribution in [0.4, 0.5) is 11.4 Å². The van der Waals surface area contributed by atoms with Gasteiger partial charge in [0.05, 0.1) is 15.1 Å². The largest absolute Gasteiger partial charge is 0.320 e. The first-order chi connectivity index (χ1) is 14.0. The number of carbonyl (C=O) groups is 1. The first-order valence-corrected chi connectivity index (χ1v) is 9.77. The smallest absolute Gasteiger partial charge is 0.320 e. The normalized spacial score (nSPS) is 11.0. The van der Waals surface area contributed by atoms with Crippen LogP contribution < -0.4 is 5.32 Å². The maximum absolute atomic E-state index is 12.6. The molecule has 0 aliphatic carbocycles. The fourth-order valence-corrected chi connectivity index (χ4v) is 4.09. The Morgan fingerprint density at radius 1 is 1.24 bits per heavy atom. The minimum absolute atomic E-state index is 0.0666. The summed E-state index contributed by atoms with van der Waals surface area (Å²) in [6, 6.07) is 13.4. The Bertz CT molecular complexity index is 1230. The van der Waals surface area contributed by atoms with E-state index in [0.717, 1.165) is 27.0 Å². The van der Waals surface area contributed by atoms with Crippen molar-refractivity contribution in [3.05, 3.63) is 70.0 Å². The van der Waals surface area contributed by atoms with Gasteiger partial charge < -0.3 is 5.32 Å². The van der Waals surface area contributed by atoms with E-state index in [2.05, 4.69) is 21.5 Å². The summed E-state index contributed by atoms with van der Waals surface area (Å²) >= 11 is 1.61. The molecule has 0 aliphatic heterocycles. The van der Waals surface area contributed by atoms with Crippen molar-refractivity contribution in [3.63, 3.8) is 0 Å². The second-order valence-corrected chi connectivity index (χ2v) is 7.50. The van der Waals surface area contributed by atoms with Gasteiger partial charge in [-0.15, -0.1) is 11.3 Å². The van der Waals surface area contributed by atoms with Crippen LogP contribution in [0, 0.1) is 17.0 Å². The summed E-state index contributed by atoms with van der Waals surface area (Å²) in [5.74, 6) is -0.570. The van der Waals surface area contributed by atoms with Crippen molar-refractivity contribution in [1.82, 2.24) is 14.8 Å². The van der Waals surface area contributed by atoms with Gasteiger partial charge in [0.2, 0.25) is 5.69 Å². The van der Waals surface area contributed by atoms with Gasteiger partial charge in [-0.05, 0) is 55.8 Å². The predicted molar refractivity (Wildman–Crippen MR) is 112 cm³/mol. The van der Waals surface area contributed by atoms with Gasteiger partial charge in [0.1, 0.15) is 11.2 Å². The number of nitrogens with one attached hydrogen (secondary N) is 1. The Morgan fingerprint density at radius 3 is 2.69 bits per heavy atom. The molecule has 0 spiro atoms. The zero-order chi connectivity index (χ0) is 20.5. The highest BCUT2D eigenvalue weighted by Crippen LogP contribution is 2.31. The van der Waals surface area contributed by atoms with Crippen molar-refractivity contribution in [1.29, 1.82) is 0 Å². The molecule has 2 aromatic carbocycles. The number of amides is 1. The van der Waals surface area contributed by atoms with Gasteiger partial charge in [0.15, 0.2) is 0 Å². The third-order valence-electron chi connectivity index (χ3n) is 4.47. The van der Waals surface area contributed by atoms with E-state index in [4.69, 9.17) is 0 Å². The number of aromatic nitrogens is 3. The lowest BCUT2D eigenvalue weighted by atomic mass is 10.2. The maximum atomic E-state index is 12.6. The zero-order valence-electron chi connectivity index (χ0n) is 15.7. The average molecular weight is 407 g/mol. The van der Waals surface area contributed by atoms with Crippen LogP contribution in [-0.4, -0.2) is 25.6 Å². The highest BCUT2D eigenvalue weighted by Gasteiger charge is 2.26. The number of anilines is 1. The lowest BCUT2D eigenvalue weighted by Crippen LogP contribution is -2.18. The summed E-state index contributed by atoms with van der Waals surface area (Å²) in [7, 11) is 0. The van der Waals surface area contributed by atoms with Crippen LogP contribution in [0.25, 0.3) is 20.8 Å². The molecule has 2 aromatic heterocycles. The molecule has 8 nitrogen and oxygen atoms in total. The number of nitro groups is 1. The summed E-state index contributed by atoms with van der Waals surface area (Å²) in [6.45, 7) is 4.17. The molecule has 0 unspecified atom stereocenters. The number of benzene rings is 2. The second-order valence-electron chi connectivity index (χ2n) is 6.47. The third-order valence-corrected chi connectivity index (χ3v) is 5.53. The van der Waals surface area contributed by atoms with E-state index in [1.807, 2.05) is 31.2 Å². The Kier molecular flexibility index (Phi) is 4.81. The molecule has 0 atom stereocenters. The fraction of sp³-hybridized carbons (Fsp3) is 0.150. The molecule has 1 amide bonds. The molecule has 0 saturated heterocycles. The molecule has 0 saturated carbocycles. The minimum Gasteiger partial charge on any atom is -0.320 e. The molecule has 2 heterocycles. The molecule has 9 heteroatoms. The number of aryl methyl sites for hydroxylation is 2. The standard InChI is InChI=1S/C20H17N5O3S/c1-3-24-18(16(11-21-24)25(27)28)19(26)22-14-7-5-13(6-8-14)20-23-15-9-4-12(2)10-17(15)29-20/h4-11H,3H2,1-2H3,(H,22,26). The molecule has 4 aromatic rings. The summed E-state index contributed by atoms with van der Waals surface area (Å²) < 4.78 is 2.43. The molecule has 1 N–H and O–H groups in total. The van der Waals surface area contributed by atoms with E-state index >= 15 is 0 Å². The van der Waals surface area contributed by atoms with Crippen molar-refractivity contribution in [2.75, 3.05) is 5.32 Å². The highest BCUT2D eigenvalue weighted by atomic mass is 32.1. The van der Waals surface area contributed by atoms with Crippen LogP contribution in [0.3, 0.4) is 0 Å². The monoisotopic (exact) mass is 407 g/mol. The van der Waals surface area contributed by atoms with Gasteiger partial charge in [-0.1, -0.05) is 6.07 Å². The molecule has 0 fully saturated rings. The van der Waals surface area contributed by atoms with Gasteiger partial charge in [-0.2, -0.15) is 5.10 Å². The molecular weight excluding hydrogens is 390 g/mol. The van der Waals surface area contributed by atoms with Crippen LogP contribution in [0.1, 0.15) is 23.0 Å². The fourth-order valence-electron chi connectivity index (χ4n) is 3.02. The van der Waals surface area contributed by atoms with E-state index in [1.54, 1.807) is 30.4 Å². The van der Waals surface area contributed by atoms with Gasteiger partial charge >= 0.3 is 5.69 Å². The van der Waals surface area contributed by atoms with Gasteiger partial charge in [-0.25, -0.2) is 4.98 Å². The van der Waals surface area contributed by atoms with E-state index in [0.29, 0.717) is 12.2 Å². The topological polar surface area (TPSA) is 103 Å². The Morgan fingerprint density at radius 2 is 2.00 bits per heavy atom. The number of nitrogens with zero attached hydrogens (tertiary/aromatic N) is 4. The van der Waals surface area contributed by atoms with Gasteiger partial charge in [-0.3, -0.25) is 19.6 Å². The van der Waals surface area contributed by atoms with Gasteiger partial charge in [0, 0.05) is 17.8 Å². The molecule has 0 bridgehead atoms. The Balaban J connectivity index is 1.57. The maximum Gasteiger partial charge on any atom is 0.320 e. The van der Waals surface area contributed by atoms with Crippen LogP contribution in [0.5, 0.6) is 0 Å². The summed E-state index contributed by atoms with van der Waals surface area (Å²) in [4.78, 5) is 27.8. The summed E-state index contributed by atoms with van der Waals surface area (Å²) in [5.41, 5.74) is 3.23. The summed E-state index contributed by atoms with van der Waals surface area (Å²) in [6.07, 6.45) is 1.09. The van der Waals surface area contributed by atoms with E-state index < -0.39 is 10.8 Å². The molecule has 29 heavy (non-hydrogen) atoms. The molecule has 0 radical (unpaired) electrons. The highest BCUT2D eigenvalue weighted by molar-refractivity contribution is 7.21. The second kappa shape index (κ2) is 7.44. The number of carbonyl (C=O) groups excluding carboxylic acids is 1. The minimum atomic E-state index is -0.605. The number of rotatable bonds is 5. The van der Waals surface area contributed by atoms with Crippen molar-refractivity contribution in [2.24, 2.45) is 0 Å². The SMILES string of the molecule is CCn1ncc([N+](=O)[O-])c1C(=O)Nc1ccc(-c2nc3ccc(C)cc3s2)cc1. The number of thiazole rings is 1. The first-order valence-electron chi connectivity index (χ1n) is 8.95. The Hall–Kier alpha value is -3.59. The van der Waals surface area contributed by atoms with Crippen molar-refractivity contribution in [3.8, 4) is 10.6 Å². The lowest BCUT2D eigenvalue weighted by Gasteiger charge is -2.07. The number of fused-ring (bicyclic) bond motifs is 1. The van der Waals surface area contributed by atoms with E-state index in [1.165, 1.54) is 10.2 Å². The number of hydrogen-bond donors (Lipinski definition) is 1. The molecule has 4 rings (SSSR count). The molecule has 0 aliphatic rings. The lowest BCUT2D eigenvalue weighted by molar-refractivity contribution is -0.385. The van der Waals surface area contributed by atoms with Crippen LogP contribution >= 0.6 is 11.3 Å². The summed E-state index contributed by atoms with van der Waals surface area (Å²) in [5, 5.41) is 18.7. The quantitative estimate of drug-likeness (QED) is 0.383. The van der Waals surface area contributed by atoms with Crippen LogP contribution in [0.2, 0.25) is 0 Å². The van der Waals surface area contributed by atoms with Crippen molar-refractivity contribution >= 4 is 38.8 Å². The van der Waals surface area contributed by atoms with Crippen molar-refractivity contribution < 1.29 is 9.72 Å².